The lowest BCUT2D eigenvalue weighted by atomic mass is 10.2. The summed E-state index contributed by atoms with van der Waals surface area (Å²) in [4.78, 5) is 11.4. The number of thioether (sulfide) groups is 1. The minimum Gasteiger partial charge on any atom is -0.295 e. The number of ether oxygens (including phenoxy) is 1. The van der Waals surface area contributed by atoms with Crippen LogP contribution < -0.4 is 5.32 Å². The van der Waals surface area contributed by atoms with Crippen LogP contribution in [0.2, 0.25) is 0 Å². The molecule has 1 amide bonds. The van der Waals surface area contributed by atoms with E-state index in [9.17, 15) is 53.1 Å². The van der Waals surface area contributed by atoms with Crippen LogP contribution in [0.4, 0.5) is 53.4 Å². The van der Waals surface area contributed by atoms with E-state index in [1.54, 1.807) is 6.92 Å². The number of amides is 1. The molecule has 0 unspecified atom stereocenters. The molecule has 5 nitrogen and oxygen atoms in total. The largest absolute Gasteiger partial charge is 0.462 e. The van der Waals surface area contributed by atoms with E-state index in [4.69, 9.17) is 0 Å². The van der Waals surface area contributed by atoms with Crippen LogP contribution in [0.1, 0.15) is 6.92 Å². The van der Waals surface area contributed by atoms with E-state index in [1.165, 1.54) is 0 Å². The van der Waals surface area contributed by atoms with E-state index in [-0.39, 0.29) is 4.34 Å². The minimum absolute atomic E-state index is 0.0316. The average Bonchev–Trinajstić information content (AvgIpc) is 2.91. The molecule has 28 heavy (non-hydrogen) atoms. The summed E-state index contributed by atoms with van der Waals surface area (Å²) in [6.07, 6.45) is -21.0. The van der Waals surface area contributed by atoms with Gasteiger partial charge in [-0.1, -0.05) is 30.0 Å². The van der Waals surface area contributed by atoms with E-state index in [2.05, 4.69) is 14.9 Å². The molecule has 1 aromatic heterocycles. The van der Waals surface area contributed by atoms with Crippen LogP contribution in [0.15, 0.2) is 4.34 Å². The molecule has 162 valence electrons. The fourth-order valence-corrected chi connectivity index (χ4v) is 2.90. The zero-order valence-electron chi connectivity index (χ0n) is 12.9. The van der Waals surface area contributed by atoms with Gasteiger partial charge in [0.05, 0.1) is 0 Å². The quantitative estimate of drug-likeness (QED) is 0.356. The molecule has 0 bridgehead atoms. The second kappa shape index (κ2) is 7.77. The Morgan fingerprint density at radius 2 is 1.54 bits per heavy atom. The van der Waals surface area contributed by atoms with Gasteiger partial charge in [-0.2, -0.15) is 48.3 Å². The van der Waals surface area contributed by atoms with Crippen LogP contribution >= 0.6 is 23.1 Å². The second-order valence-corrected chi connectivity index (χ2v) is 7.03. The molecule has 1 atom stereocenters. The highest BCUT2D eigenvalue weighted by atomic mass is 32.2. The highest BCUT2D eigenvalue weighted by Crippen LogP contribution is 2.51. The van der Waals surface area contributed by atoms with Crippen molar-refractivity contribution in [3.63, 3.8) is 0 Å². The SMILES string of the molecule is CCSc1nnc(NC(=O)[C@](F)(OC(F)(F)C(F)(F)C(F)(F)F)C(F)(F)F)s1. The second-order valence-electron chi connectivity index (χ2n) is 4.54. The van der Waals surface area contributed by atoms with Gasteiger partial charge in [0.1, 0.15) is 0 Å². The van der Waals surface area contributed by atoms with Crippen molar-refractivity contribution in [2.45, 2.75) is 41.5 Å². The molecule has 0 spiro atoms. The maximum Gasteiger partial charge on any atom is 0.462 e. The molecule has 0 aliphatic heterocycles. The zero-order chi connectivity index (χ0) is 22.2. The van der Waals surface area contributed by atoms with Gasteiger partial charge in [0, 0.05) is 0 Å². The predicted octanol–water partition coefficient (Wildman–Crippen LogP) is 4.62. The molecular weight excluding hydrogens is 467 g/mol. The Labute approximate surface area is 155 Å². The fraction of sp³-hybridized carbons (Fsp3) is 0.700. The first-order valence-electron chi connectivity index (χ1n) is 6.45. The molecule has 0 aromatic carbocycles. The molecule has 0 aliphatic rings. The summed E-state index contributed by atoms with van der Waals surface area (Å²) < 4.78 is 142. The Morgan fingerprint density at radius 1 is 1.00 bits per heavy atom. The molecule has 0 aliphatic carbocycles. The summed E-state index contributed by atoms with van der Waals surface area (Å²) in [5.74, 6) is -16.3. The topological polar surface area (TPSA) is 64.1 Å². The van der Waals surface area contributed by atoms with Gasteiger partial charge in [-0.05, 0) is 5.75 Å². The van der Waals surface area contributed by atoms with Crippen LogP contribution in [-0.4, -0.2) is 52.1 Å². The third-order valence-corrected chi connectivity index (χ3v) is 4.40. The Balaban J connectivity index is 3.22. The monoisotopic (exact) mass is 473 g/mol. The number of hydrogen-bond donors (Lipinski definition) is 1. The Morgan fingerprint density at radius 3 is 1.96 bits per heavy atom. The molecule has 0 saturated heterocycles. The summed E-state index contributed by atoms with van der Waals surface area (Å²) in [5.41, 5.74) is 0. The molecule has 1 N–H and O–H groups in total. The molecule has 1 rings (SSSR count). The lowest BCUT2D eigenvalue weighted by Crippen LogP contribution is -2.62. The third-order valence-electron chi connectivity index (χ3n) is 2.54. The van der Waals surface area contributed by atoms with Crippen molar-refractivity contribution in [1.29, 1.82) is 0 Å². The number of hydrogen-bond acceptors (Lipinski definition) is 6. The minimum atomic E-state index is -7.25. The number of nitrogens with one attached hydrogen (secondary N) is 1. The summed E-state index contributed by atoms with van der Waals surface area (Å²) in [7, 11) is 0. The van der Waals surface area contributed by atoms with Crippen LogP contribution in [0.5, 0.6) is 0 Å². The standard InChI is InChI=1S/C10H6F11N3O2S2/c1-2-27-5-24-23-4(28-5)22-3(25)6(11,8(14,15)16)26-10(20,21)7(12,13)9(17,18)19/h2H2,1H3,(H,22,23,25)/t6-/m0/s1. The lowest BCUT2D eigenvalue weighted by Gasteiger charge is -2.33. The first-order chi connectivity index (χ1) is 12.4. The van der Waals surface area contributed by atoms with Gasteiger partial charge in [-0.25, -0.2) is 0 Å². The van der Waals surface area contributed by atoms with Crippen molar-refractivity contribution in [1.82, 2.24) is 10.2 Å². The average molecular weight is 473 g/mol. The summed E-state index contributed by atoms with van der Waals surface area (Å²) >= 11 is 1.30. The van der Waals surface area contributed by atoms with Gasteiger partial charge in [-0.3, -0.25) is 14.8 Å². The molecule has 1 aromatic rings. The van der Waals surface area contributed by atoms with Crippen molar-refractivity contribution in [2.24, 2.45) is 0 Å². The van der Waals surface area contributed by atoms with E-state index < -0.39 is 41.3 Å². The smallest absolute Gasteiger partial charge is 0.295 e. The molecule has 0 saturated carbocycles. The van der Waals surface area contributed by atoms with Gasteiger partial charge in [0.15, 0.2) is 4.34 Å². The van der Waals surface area contributed by atoms with E-state index in [1.807, 2.05) is 0 Å². The van der Waals surface area contributed by atoms with E-state index in [0.29, 0.717) is 17.1 Å². The number of alkyl halides is 11. The van der Waals surface area contributed by atoms with Crippen LogP contribution in [0.25, 0.3) is 0 Å². The fourth-order valence-electron chi connectivity index (χ4n) is 1.26. The van der Waals surface area contributed by atoms with Crippen molar-refractivity contribution in [3.8, 4) is 0 Å². The number of carbonyl (C=O) groups excluding carboxylic acids is 1. The van der Waals surface area contributed by atoms with E-state index in [0.717, 1.165) is 17.1 Å². The van der Waals surface area contributed by atoms with Crippen molar-refractivity contribution in [2.75, 3.05) is 11.1 Å². The maximum atomic E-state index is 14.0. The molecule has 1 heterocycles. The van der Waals surface area contributed by atoms with Crippen LogP contribution in [-0.2, 0) is 9.53 Å². The van der Waals surface area contributed by atoms with Gasteiger partial charge in [0.2, 0.25) is 5.13 Å². The Hall–Kier alpha value is -1.43. The van der Waals surface area contributed by atoms with Gasteiger partial charge >= 0.3 is 36.1 Å². The summed E-state index contributed by atoms with van der Waals surface area (Å²) in [5, 5.41) is 6.48. The number of halogens is 11. The number of carbonyl (C=O) groups is 1. The van der Waals surface area contributed by atoms with Gasteiger partial charge < -0.3 is 0 Å². The highest BCUT2D eigenvalue weighted by molar-refractivity contribution is 8.01. The lowest BCUT2D eigenvalue weighted by molar-refractivity contribution is -0.472. The van der Waals surface area contributed by atoms with Crippen LogP contribution in [0, 0.1) is 0 Å². The molecule has 0 fully saturated rings. The molecule has 0 radical (unpaired) electrons. The van der Waals surface area contributed by atoms with Gasteiger partial charge in [-0.15, -0.1) is 10.2 Å². The normalized spacial score (nSPS) is 16.0. The summed E-state index contributed by atoms with van der Waals surface area (Å²) in [6.45, 7) is 1.61. The molecular formula is C10H6F11N3O2S2. The summed E-state index contributed by atoms with van der Waals surface area (Å²) in [6, 6.07) is 0. The maximum absolute atomic E-state index is 14.0. The zero-order valence-corrected chi connectivity index (χ0v) is 14.5. The number of aromatic nitrogens is 2. The first-order valence-corrected chi connectivity index (χ1v) is 8.25. The Kier molecular flexibility index (Phi) is 6.83. The molecule has 18 heteroatoms. The van der Waals surface area contributed by atoms with Gasteiger partial charge in [0.25, 0.3) is 0 Å². The number of nitrogens with zero attached hydrogens (tertiary/aromatic N) is 2. The highest BCUT2D eigenvalue weighted by Gasteiger charge is 2.79. The van der Waals surface area contributed by atoms with Crippen LogP contribution in [0.3, 0.4) is 0 Å². The predicted molar refractivity (Wildman–Crippen MR) is 71.9 cm³/mol. The number of anilines is 1. The van der Waals surface area contributed by atoms with Crippen molar-refractivity contribution in [3.05, 3.63) is 0 Å². The third kappa shape index (κ3) is 4.76. The van der Waals surface area contributed by atoms with Crippen molar-refractivity contribution < 1.29 is 57.8 Å². The Bertz CT molecular complexity index is 706. The first kappa shape index (κ1) is 24.6. The van der Waals surface area contributed by atoms with E-state index >= 15 is 0 Å². The van der Waals surface area contributed by atoms with Crippen molar-refractivity contribution >= 4 is 34.1 Å². The number of rotatable bonds is 7.